The summed E-state index contributed by atoms with van der Waals surface area (Å²) < 4.78 is 2.00. The normalized spacial score (nSPS) is 16.4. The molecule has 3 N–H and O–H groups in total. The fourth-order valence-electron chi connectivity index (χ4n) is 1.87. The summed E-state index contributed by atoms with van der Waals surface area (Å²) in [7, 11) is 0. The molecule has 0 bridgehead atoms. The molecule has 0 atom stereocenters. The summed E-state index contributed by atoms with van der Waals surface area (Å²) in [5.41, 5.74) is 7.77. The Balaban J connectivity index is 2.17. The quantitative estimate of drug-likeness (QED) is 0.797. The van der Waals surface area contributed by atoms with Crippen molar-refractivity contribution < 1.29 is 0 Å². The molecule has 0 spiro atoms. The summed E-state index contributed by atoms with van der Waals surface area (Å²) in [6.45, 7) is 5.06. The van der Waals surface area contributed by atoms with Crippen LogP contribution in [0.25, 0.3) is 0 Å². The summed E-state index contributed by atoms with van der Waals surface area (Å²) in [4.78, 5) is 0. The standard InChI is InChI=1S/C11H20N4/c1-3-7-15-11(10(12)8(2)14-15)13-9-5-4-6-9/h9,13H,3-7,12H2,1-2H3. The highest BCUT2D eigenvalue weighted by atomic mass is 15.3. The average Bonchev–Trinajstić information content (AvgIpc) is 2.38. The molecule has 4 nitrogen and oxygen atoms in total. The number of nitrogens with two attached hydrogens (primary N) is 1. The van der Waals surface area contributed by atoms with Crippen molar-refractivity contribution in [2.24, 2.45) is 0 Å². The Hall–Kier alpha value is -1.19. The van der Waals surface area contributed by atoms with Crippen LogP contribution in [-0.4, -0.2) is 15.8 Å². The lowest BCUT2D eigenvalue weighted by Gasteiger charge is -2.27. The van der Waals surface area contributed by atoms with E-state index in [0.717, 1.165) is 30.2 Å². The van der Waals surface area contributed by atoms with Crippen LogP contribution in [0.2, 0.25) is 0 Å². The molecule has 1 fully saturated rings. The highest BCUT2D eigenvalue weighted by molar-refractivity contribution is 5.65. The van der Waals surface area contributed by atoms with E-state index in [1.165, 1.54) is 19.3 Å². The molecular weight excluding hydrogens is 188 g/mol. The molecule has 0 unspecified atom stereocenters. The van der Waals surface area contributed by atoms with Crippen LogP contribution < -0.4 is 11.1 Å². The Bertz CT molecular complexity index is 339. The highest BCUT2D eigenvalue weighted by Gasteiger charge is 2.21. The van der Waals surface area contributed by atoms with Crippen LogP contribution in [0.1, 0.15) is 38.3 Å². The van der Waals surface area contributed by atoms with Gasteiger partial charge in [0.1, 0.15) is 5.82 Å². The summed E-state index contributed by atoms with van der Waals surface area (Å²) in [6.07, 6.45) is 4.93. The Labute approximate surface area is 90.8 Å². The number of aromatic nitrogens is 2. The van der Waals surface area contributed by atoms with Crippen LogP contribution in [0.15, 0.2) is 0 Å². The SMILES string of the molecule is CCCn1nc(C)c(N)c1NC1CCC1. The molecule has 1 aliphatic rings. The first-order valence-electron chi connectivity index (χ1n) is 5.81. The van der Waals surface area contributed by atoms with Gasteiger partial charge in [-0.1, -0.05) is 6.92 Å². The number of hydrogen-bond acceptors (Lipinski definition) is 3. The lowest BCUT2D eigenvalue weighted by Crippen LogP contribution is -2.28. The van der Waals surface area contributed by atoms with Crippen molar-refractivity contribution in [3.05, 3.63) is 5.69 Å². The molecule has 2 rings (SSSR count). The van der Waals surface area contributed by atoms with Gasteiger partial charge in [0.15, 0.2) is 0 Å². The monoisotopic (exact) mass is 208 g/mol. The predicted octanol–water partition coefficient (Wildman–Crippen LogP) is 2.15. The molecule has 1 saturated carbocycles. The molecule has 15 heavy (non-hydrogen) atoms. The van der Waals surface area contributed by atoms with Gasteiger partial charge in [-0.15, -0.1) is 0 Å². The Morgan fingerprint density at radius 2 is 2.27 bits per heavy atom. The number of hydrogen-bond donors (Lipinski definition) is 2. The Morgan fingerprint density at radius 3 is 2.80 bits per heavy atom. The van der Waals surface area contributed by atoms with Crippen LogP contribution in [0, 0.1) is 6.92 Å². The van der Waals surface area contributed by atoms with Crippen LogP contribution in [0.3, 0.4) is 0 Å². The maximum Gasteiger partial charge on any atom is 0.148 e. The molecule has 0 amide bonds. The first kappa shape index (κ1) is 10.3. The van der Waals surface area contributed by atoms with Gasteiger partial charge in [0, 0.05) is 12.6 Å². The summed E-state index contributed by atoms with van der Waals surface area (Å²) in [5.74, 6) is 1.03. The molecular formula is C11H20N4. The van der Waals surface area contributed by atoms with E-state index in [1.807, 2.05) is 11.6 Å². The molecule has 0 radical (unpaired) electrons. The van der Waals surface area contributed by atoms with Crippen LogP contribution >= 0.6 is 0 Å². The molecule has 4 heteroatoms. The van der Waals surface area contributed by atoms with Crippen molar-refractivity contribution in [1.82, 2.24) is 9.78 Å². The maximum atomic E-state index is 6.01. The minimum Gasteiger partial charge on any atom is -0.394 e. The van der Waals surface area contributed by atoms with Gasteiger partial charge in [0.05, 0.1) is 11.4 Å². The number of rotatable bonds is 4. The van der Waals surface area contributed by atoms with Gasteiger partial charge < -0.3 is 11.1 Å². The van der Waals surface area contributed by atoms with E-state index in [0.29, 0.717) is 6.04 Å². The molecule has 84 valence electrons. The zero-order valence-electron chi connectivity index (χ0n) is 9.58. The molecule has 0 saturated heterocycles. The number of nitrogens with zero attached hydrogens (tertiary/aromatic N) is 2. The largest absolute Gasteiger partial charge is 0.394 e. The zero-order chi connectivity index (χ0) is 10.8. The van der Waals surface area contributed by atoms with Gasteiger partial charge in [-0.3, -0.25) is 0 Å². The topological polar surface area (TPSA) is 55.9 Å². The van der Waals surface area contributed by atoms with Crippen molar-refractivity contribution in [2.75, 3.05) is 11.1 Å². The minimum absolute atomic E-state index is 0.610. The molecule has 0 aliphatic heterocycles. The van der Waals surface area contributed by atoms with Gasteiger partial charge in [-0.05, 0) is 32.6 Å². The number of anilines is 2. The molecule has 1 aromatic heterocycles. The van der Waals surface area contributed by atoms with Crippen LogP contribution in [0.5, 0.6) is 0 Å². The predicted molar refractivity (Wildman–Crippen MR) is 62.9 cm³/mol. The summed E-state index contributed by atoms with van der Waals surface area (Å²) in [5, 5.41) is 7.94. The third-order valence-corrected chi connectivity index (χ3v) is 3.06. The highest BCUT2D eigenvalue weighted by Crippen LogP contribution is 2.28. The summed E-state index contributed by atoms with van der Waals surface area (Å²) in [6, 6.07) is 0.610. The van der Waals surface area contributed by atoms with E-state index < -0.39 is 0 Å². The van der Waals surface area contributed by atoms with E-state index in [4.69, 9.17) is 5.73 Å². The lowest BCUT2D eigenvalue weighted by atomic mass is 9.93. The van der Waals surface area contributed by atoms with Crippen molar-refractivity contribution >= 4 is 11.5 Å². The van der Waals surface area contributed by atoms with Gasteiger partial charge in [-0.2, -0.15) is 5.10 Å². The van der Waals surface area contributed by atoms with Crippen LogP contribution in [-0.2, 0) is 6.54 Å². The Morgan fingerprint density at radius 1 is 1.53 bits per heavy atom. The van der Waals surface area contributed by atoms with Crippen molar-refractivity contribution in [2.45, 2.75) is 52.1 Å². The third kappa shape index (κ3) is 1.94. The first-order chi connectivity index (χ1) is 7.22. The number of nitrogen functional groups attached to an aromatic ring is 1. The van der Waals surface area contributed by atoms with E-state index in [2.05, 4.69) is 17.3 Å². The number of aryl methyl sites for hydroxylation is 2. The van der Waals surface area contributed by atoms with Crippen molar-refractivity contribution in [1.29, 1.82) is 0 Å². The lowest BCUT2D eigenvalue weighted by molar-refractivity contribution is 0.440. The van der Waals surface area contributed by atoms with Gasteiger partial charge in [0.25, 0.3) is 0 Å². The van der Waals surface area contributed by atoms with Gasteiger partial charge >= 0.3 is 0 Å². The molecule has 0 aromatic carbocycles. The molecule has 1 aliphatic carbocycles. The van der Waals surface area contributed by atoms with Gasteiger partial charge in [-0.25, -0.2) is 4.68 Å². The number of nitrogens with one attached hydrogen (secondary N) is 1. The molecule has 1 heterocycles. The second-order valence-corrected chi connectivity index (χ2v) is 4.34. The van der Waals surface area contributed by atoms with Crippen molar-refractivity contribution in [3.8, 4) is 0 Å². The second kappa shape index (κ2) is 4.13. The van der Waals surface area contributed by atoms with E-state index >= 15 is 0 Å². The van der Waals surface area contributed by atoms with Crippen molar-refractivity contribution in [3.63, 3.8) is 0 Å². The van der Waals surface area contributed by atoms with E-state index in [1.54, 1.807) is 0 Å². The summed E-state index contributed by atoms with van der Waals surface area (Å²) >= 11 is 0. The first-order valence-corrected chi connectivity index (χ1v) is 5.81. The second-order valence-electron chi connectivity index (χ2n) is 4.34. The minimum atomic E-state index is 0.610. The fraction of sp³-hybridized carbons (Fsp3) is 0.727. The third-order valence-electron chi connectivity index (χ3n) is 3.06. The van der Waals surface area contributed by atoms with Crippen LogP contribution in [0.4, 0.5) is 11.5 Å². The smallest absolute Gasteiger partial charge is 0.148 e. The maximum absolute atomic E-state index is 6.01. The molecule has 1 aromatic rings. The average molecular weight is 208 g/mol. The Kier molecular flexibility index (Phi) is 2.84. The van der Waals surface area contributed by atoms with Gasteiger partial charge in [0.2, 0.25) is 0 Å². The fourth-order valence-corrected chi connectivity index (χ4v) is 1.87. The van der Waals surface area contributed by atoms with E-state index in [9.17, 15) is 0 Å². The zero-order valence-corrected chi connectivity index (χ0v) is 9.58. The van der Waals surface area contributed by atoms with E-state index in [-0.39, 0.29) is 0 Å².